The summed E-state index contributed by atoms with van der Waals surface area (Å²) in [6.45, 7) is 0.407. The van der Waals surface area contributed by atoms with E-state index in [1.165, 1.54) is 19.2 Å². The summed E-state index contributed by atoms with van der Waals surface area (Å²) in [5.41, 5.74) is 6.69. The van der Waals surface area contributed by atoms with Crippen molar-refractivity contribution in [3.63, 3.8) is 0 Å². The van der Waals surface area contributed by atoms with E-state index in [0.29, 0.717) is 17.2 Å². The van der Waals surface area contributed by atoms with E-state index in [0.717, 1.165) is 5.56 Å². The van der Waals surface area contributed by atoms with E-state index in [2.05, 4.69) is 0 Å². The van der Waals surface area contributed by atoms with Crippen molar-refractivity contribution in [2.45, 2.75) is 6.61 Å². The Kier molecular flexibility index (Phi) is 3.43. The fourth-order valence-electron chi connectivity index (χ4n) is 2.03. The lowest BCUT2D eigenvalue weighted by molar-refractivity contribution is 0.174. The molecule has 0 spiro atoms. The van der Waals surface area contributed by atoms with Crippen molar-refractivity contribution >= 4 is 5.69 Å². The van der Waals surface area contributed by atoms with E-state index in [9.17, 15) is 4.39 Å². The van der Waals surface area contributed by atoms with Crippen molar-refractivity contribution in [2.75, 3.05) is 19.6 Å². The highest BCUT2D eigenvalue weighted by Crippen LogP contribution is 2.34. The van der Waals surface area contributed by atoms with Gasteiger partial charge in [-0.3, -0.25) is 0 Å². The van der Waals surface area contributed by atoms with E-state index < -0.39 is 5.82 Å². The Morgan fingerprint density at radius 3 is 2.76 bits per heavy atom. The molecule has 0 unspecified atom stereocenters. The molecule has 2 aromatic rings. The number of hydrogen-bond donors (Lipinski definition) is 1. The highest BCUT2D eigenvalue weighted by Gasteiger charge is 2.14. The zero-order valence-corrected chi connectivity index (χ0v) is 11.4. The molecule has 0 radical (unpaired) electrons. The zero-order valence-electron chi connectivity index (χ0n) is 11.4. The van der Waals surface area contributed by atoms with E-state index >= 15 is 0 Å². The number of benzene rings is 2. The van der Waals surface area contributed by atoms with Gasteiger partial charge in [-0.2, -0.15) is 0 Å². The first-order valence-corrected chi connectivity index (χ1v) is 6.31. The quantitative estimate of drug-likeness (QED) is 0.878. The molecular formula is C15H14FNO4. The molecule has 6 heteroatoms. The highest BCUT2D eigenvalue weighted by atomic mass is 19.1. The SMILES string of the molecule is COc1cc(OCc2ccc3c(c2)OCO3)c(F)cc1N. The molecule has 110 valence electrons. The van der Waals surface area contributed by atoms with Gasteiger partial charge in [-0.15, -0.1) is 0 Å². The molecule has 0 saturated heterocycles. The minimum atomic E-state index is -0.533. The van der Waals surface area contributed by atoms with Crippen molar-refractivity contribution in [1.82, 2.24) is 0 Å². The minimum Gasteiger partial charge on any atom is -0.494 e. The van der Waals surface area contributed by atoms with Crippen LogP contribution >= 0.6 is 0 Å². The van der Waals surface area contributed by atoms with Crippen LogP contribution in [-0.2, 0) is 6.61 Å². The summed E-state index contributed by atoms with van der Waals surface area (Å²) >= 11 is 0. The lowest BCUT2D eigenvalue weighted by Crippen LogP contribution is -2.00. The number of nitrogens with two attached hydrogens (primary N) is 1. The topological polar surface area (TPSA) is 62.9 Å². The number of halogens is 1. The minimum absolute atomic E-state index is 0.0821. The Morgan fingerprint density at radius 1 is 1.14 bits per heavy atom. The van der Waals surface area contributed by atoms with E-state index in [1.54, 1.807) is 12.1 Å². The summed E-state index contributed by atoms with van der Waals surface area (Å²) in [6, 6.07) is 8.03. The summed E-state index contributed by atoms with van der Waals surface area (Å²) in [7, 11) is 1.46. The van der Waals surface area contributed by atoms with Gasteiger partial charge in [-0.25, -0.2) is 4.39 Å². The van der Waals surface area contributed by atoms with Gasteiger partial charge in [0.25, 0.3) is 0 Å². The summed E-state index contributed by atoms with van der Waals surface area (Å²) < 4.78 is 34.8. The third kappa shape index (κ3) is 2.65. The van der Waals surface area contributed by atoms with Crippen LogP contribution in [-0.4, -0.2) is 13.9 Å². The first-order valence-electron chi connectivity index (χ1n) is 6.31. The molecule has 2 N–H and O–H groups in total. The number of ether oxygens (including phenoxy) is 4. The smallest absolute Gasteiger partial charge is 0.231 e. The van der Waals surface area contributed by atoms with Crippen LogP contribution in [0.5, 0.6) is 23.0 Å². The molecule has 1 heterocycles. The van der Waals surface area contributed by atoms with Gasteiger partial charge in [-0.1, -0.05) is 6.07 Å². The zero-order chi connectivity index (χ0) is 14.8. The van der Waals surface area contributed by atoms with Crippen molar-refractivity contribution in [3.8, 4) is 23.0 Å². The van der Waals surface area contributed by atoms with Gasteiger partial charge in [-0.05, 0) is 17.7 Å². The van der Waals surface area contributed by atoms with Crippen molar-refractivity contribution in [3.05, 3.63) is 41.7 Å². The monoisotopic (exact) mass is 291 g/mol. The van der Waals surface area contributed by atoms with Crippen LogP contribution in [0.4, 0.5) is 10.1 Å². The first kappa shape index (κ1) is 13.4. The maximum absolute atomic E-state index is 13.8. The van der Waals surface area contributed by atoms with E-state index in [4.69, 9.17) is 24.7 Å². The Balaban J connectivity index is 1.75. The van der Waals surface area contributed by atoms with Gasteiger partial charge in [0.15, 0.2) is 23.1 Å². The standard InChI is InChI=1S/C15H14FNO4/c1-18-14-6-13(10(16)5-11(14)17)19-7-9-2-3-12-15(4-9)21-8-20-12/h2-6H,7-8,17H2,1H3. The van der Waals surface area contributed by atoms with Gasteiger partial charge in [0, 0.05) is 12.1 Å². The Labute approximate surface area is 121 Å². The van der Waals surface area contributed by atoms with E-state index in [1.807, 2.05) is 6.07 Å². The third-order valence-corrected chi connectivity index (χ3v) is 3.12. The average molecular weight is 291 g/mol. The lowest BCUT2D eigenvalue weighted by atomic mass is 10.2. The van der Waals surface area contributed by atoms with Crippen LogP contribution in [0.3, 0.4) is 0 Å². The molecule has 0 aliphatic carbocycles. The fraction of sp³-hybridized carbons (Fsp3) is 0.200. The molecule has 0 saturated carbocycles. The molecule has 0 aromatic heterocycles. The predicted molar refractivity (Wildman–Crippen MR) is 74.3 cm³/mol. The maximum atomic E-state index is 13.8. The third-order valence-electron chi connectivity index (χ3n) is 3.12. The van der Waals surface area contributed by atoms with Gasteiger partial charge in [0.2, 0.25) is 6.79 Å². The Morgan fingerprint density at radius 2 is 1.95 bits per heavy atom. The molecule has 0 atom stereocenters. The number of fused-ring (bicyclic) bond motifs is 1. The molecule has 0 amide bonds. The van der Waals surface area contributed by atoms with Gasteiger partial charge < -0.3 is 24.7 Å². The fourth-order valence-corrected chi connectivity index (χ4v) is 2.03. The molecule has 3 rings (SSSR count). The van der Waals surface area contributed by atoms with Crippen molar-refractivity contribution in [2.24, 2.45) is 0 Å². The maximum Gasteiger partial charge on any atom is 0.231 e. The molecule has 1 aliphatic rings. The Hall–Kier alpha value is -2.63. The van der Waals surface area contributed by atoms with Crippen molar-refractivity contribution in [1.29, 1.82) is 0 Å². The number of methoxy groups -OCH3 is 1. The lowest BCUT2D eigenvalue weighted by Gasteiger charge is -2.11. The number of hydrogen-bond acceptors (Lipinski definition) is 5. The van der Waals surface area contributed by atoms with E-state index in [-0.39, 0.29) is 24.8 Å². The van der Waals surface area contributed by atoms with Gasteiger partial charge in [0.1, 0.15) is 12.4 Å². The normalized spacial score (nSPS) is 12.3. The van der Waals surface area contributed by atoms with Crippen LogP contribution < -0.4 is 24.7 Å². The molecule has 1 aliphatic heterocycles. The molecule has 5 nitrogen and oxygen atoms in total. The van der Waals surface area contributed by atoms with Crippen LogP contribution in [0.25, 0.3) is 0 Å². The van der Waals surface area contributed by atoms with Crippen molar-refractivity contribution < 1.29 is 23.3 Å². The summed E-state index contributed by atoms with van der Waals surface area (Å²) in [5.74, 6) is 1.27. The number of anilines is 1. The largest absolute Gasteiger partial charge is 0.494 e. The summed E-state index contributed by atoms with van der Waals surface area (Å²) in [5, 5.41) is 0. The van der Waals surface area contributed by atoms with Gasteiger partial charge in [0.05, 0.1) is 12.8 Å². The number of rotatable bonds is 4. The van der Waals surface area contributed by atoms with Crippen LogP contribution in [0.2, 0.25) is 0 Å². The highest BCUT2D eigenvalue weighted by molar-refractivity contribution is 5.56. The summed E-state index contributed by atoms with van der Waals surface area (Å²) in [6.07, 6.45) is 0. The second-order valence-electron chi connectivity index (χ2n) is 4.50. The first-order chi connectivity index (χ1) is 10.2. The van der Waals surface area contributed by atoms with Crippen LogP contribution in [0.15, 0.2) is 30.3 Å². The number of nitrogen functional groups attached to an aromatic ring is 1. The van der Waals surface area contributed by atoms with Crippen LogP contribution in [0, 0.1) is 5.82 Å². The molecular weight excluding hydrogens is 277 g/mol. The second-order valence-corrected chi connectivity index (χ2v) is 4.50. The van der Waals surface area contributed by atoms with Gasteiger partial charge >= 0.3 is 0 Å². The molecule has 0 bridgehead atoms. The molecule has 21 heavy (non-hydrogen) atoms. The predicted octanol–water partition coefficient (Wildman–Crippen LogP) is 2.72. The molecule has 0 fully saturated rings. The second kappa shape index (κ2) is 5.40. The van der Waals surface area contributed by atoms with Crippen LogP contribution in [0.1, 0.15) is 5.56 Å². The molecule has 2 aromatic carbocycles. The Bertz CT molecular complexity index is 675. The summed E-state index contributed by atoms with van der Waals surface area (Å²) in [4.78, 5) is 0. The average Bonchev–Trinajstić information content (AvgIpc) is 2.94.